The molecular formula is C30H30O5. The number of benzene rings is 4. The Bertz CT molecular complexity index is 1260. The Morgan fingerprint density at radius 1 is 0.686 bits per heavy atom. The molecule has 0 aliphatic carbocycles. The van der Waals surface area contributed by atoms with Crippen LogP contribution in [-0.2, 0) is 4.79 Å². The second-order valence-corrected chi connectivity index (χ2v) is 8.88. The van der Waals surface area contributed by atoms with Crippen molar-refractivity contribution in [1.29, 1.82) is 0 Å². The summed E-state index contributed by atoms with van der Waals surface area (Å²) in [6, 6.07) is 30.0. The van der Waals surface area contributed by atoms with E-state index in [0.29, 0.717) is 19.0 Å². The lowest BCUT2D eigenvalue weighted by atomic mass is 10.0. The Morgan fingerprint density at radius 3 is 1.97 bits per heavy atom. The van der Waals surface area contributed by atoms with Gasteiger partial charge in [0.1, 0.15) is 17.2 Å². The molecular weight excluding hydrogens is 440 g/mol. The molecule has 0 spiro atoms. The van der Waals surface area contributed by atoms with E-state index in [1.807, 2.05) is 12.1 Å². The minimum Gasteiger partial charge on any atom is -0.494 e. The zero-order valence-corrected chi connectivity index (χ0v) is 20.1. The quantitative estimate of drug-likeness (QED) is 0.239. The van der Waals surface area contributed by atoms with E-state index < -0.39 is 11.6 Å². The van der Waals surface area contributed by atoms with Crippen molar-refractivity contribution in [1.82, 2.24) is 0 Å². The largest absolute Gasteiger partial charge is 0.494 e. The first kappa shape index (κ1) is 24.1. The molecule has 0 atom stereocenters. The number of rotatable bonds is 11. The van der Waals surface area contributed by atoms with Crippen molar-refractivity contribution in [3.8, 4) is 28.4 Å². The molecule has 0 amide bonds. The van der Waals surface area contributed by atoms with Gasteiger partial charge in [0.05, 0.1) is 13.2 Å². The van der Waals surface area contributed by atoms with Gasteiger partial charge in [-0.15, -0.1) is 0 Å². The lowest BCUT2D eigenvalue weighted by Gasteiger charge is -2.21. The van der Waals surface area contributed by atoms with Crippen molar-refractivity contribution in [3.05, 3.63) is 91.0 Å². The maximum absolute atomic E-state index is 11.2. The monoisotopic (exact) mass is 470 g/mol. The predicted octanol–water partition coefficient (Wildman–Crippen LogP) is 6.99. The van der Waals surface area contributed by atoms with Crippen LogP contribution in [0.3, 0.4) is 0 Å². The third-order valence-corrected chi connectivity index (χ3v) is 5.71. The second kappa shape index (κ2) is 11.0. The van der Waals surface area contributed by atoms with Crippen LogP contribution in [0.4, 0.5) is 0 Å². The Morgan fingerprint density at radius 2 is 1.29 bits per heavy atom. The molecule has 0 bridgehead atoms. The van der Waals surface area contributed by atoms with Crippen molar-refractivity contribution in [2.45, 2.75) is 32.3 Å². The van der Waals surface area contributed by atoms with Crippen LogP contribution in [0, 0.1) is 0 Å². The Labute approximate surface area is 205 Å². The topological polar surface area (TPSA) is 65.0 Å². The summed E-state index contributed by atoms with van der Waals surface area (Å²) >= 11 is 0. The van der Waals surface area contributed by atoms with Crippen molar-refractivity contribution in [3.63, 3.8) is 0 Å². The number of unbranched alkanes of at least 4 members (excludes halogenated alkanes) is 1. The van der Waals surface area contributed by atoms with E-state index in [-0.39, 0.29) is 0 Å². The molecule has 0 aliphatic rings. The lowest BCUT2D eigenvalue weighted by Crippen LogP contribution is -2.37. The minimum absolute atomic E-state index is 0.490. The summed E-state index contributed by atoms with van der Waals surface area (Å²) in [5.41, 5.74) is 1.11. The highest BCUT2D eigenvalue weighted by Crippen LogP contribution is 2.27. The SMILES string of the molecule is CC(C)(Oc1ccc(OCCCCOc2ccc3ccc(-c4ccccc4)cc3c2)cc1)C(=O)O. The van der Waals surface area contributed by atoms with Gasteiger partial charge in [-0.3, -0.25) is 0 Å². The maximum Gasteiger partial charge on any atom is 0.347 e. The molecule has 0 saturated carbocycles. The molecule has 0 heterocycles. The Balaban J connectivity index is 1.22. The van der Waals surface area contributed by atoms with Gasteiger partial charge < -0.3 is 19.3 Å². The fraction of sp³-hybridized carbons (Fsp3) is 0.233. The molecule has 4 aromatic rings. The first-order valence-corrected chi connectivity index (χ1v) is 11.8. The van der Waals surface area contributed by atoms with Crippen LogP contribution in [0.1, 0.15) is 26.7 Å². The van der Waals surface area contributed by atoms with E-state index >= 15 is 0 Å². The van der Waals surface area contributed by atoms with Gasteiger partial charge in [0.2, 0.25) is 0 Å². The summed E-state index contributed by atoms with van der Waals surface area (Å²) in [6.45, 7) is 4.22. The van der Waals surface area contributed by atoms with Crippen LogP contribution in [0.5, 0.6) is 17.2 Å². The van der Waals surface area contributed by atoms with E-state index in [1.165, 1.54) is 30.4 Å². The van der Waals surface area contributed by atoms with Crippen LogP contribution in [0.2, 0.25) is 0 Å². The average Bonchev–Trinajstić information content (AvgIpc) is 2.87. The molecule has 5 nitrogen and oxygen atoms in total. The number of hydrogen-bond donors (Lipinski definition) is 1. The highest BCUT2D eigenvalue weighted by atomic mass is 16.5. The zero-order chi connectivity index (χ0) is 24.7. The van der Waals surface area contributed by atoms with Crippen LogP contribution in [-0.4, -0.2) is 29.9 Å². The molecule has 0 aromatic heterocycles. The lowest BCUT2D eigenvalue weighted by molar-refractivity contribution is -0.152. The number of fused-ring (bicyclic) bond motifs is 1. The van der Waals surface area contributed by atoms with Crippen molar-refractivity contribution in [2.75, 3.05) is 13.2 Å². The van der Waals surface area contributed by atoms with E-state index in [0.717, 1.165) is 29.7 Å². The maximum atomic E-state index is 11.2. The molecule has 1 N–H and O–H groups in total. The average molecular weight is 471 g/mol. The van der Waals surface area contributed by atoms with Gasteiger partial charge in [-0.25, -0.2) is 4.79 Å². The third kappa shape index (κ3) is 6.54. The van der Waals surface area contributed by atoms with Crippen LogP contribution < -0.4 is 14.2 Å². The molecule has 5 heteroatoms. The van der Waals surface area contributed by atoms with E-state index in [4.69, 9.17) is 19.3 Å². The van der Waals surface area contributed by atoms with Gasteiger partial charge in [-0.2, -0.15) is 0 Å². The van der Waals surface area contributed by atoms with Gasteiger partial charge in [-0.05, 0) is 91.1 Å². The van der Waals surface area contributed by atoms with Crippen molar-refractivity contribution in [2.24, 2.45) is 0 Å². The van der Waals surface area contributed by atoms with Gasteiger partial charge in [0, 0.05) is 0 Å². The van der Waals surface area contributed by atoms with Crippen molar-refractivity contribution >= 4 is 16.7 Å². The number of carbonyl (C=O) groups is 1. The number of aliphatic carboxylic acids is 1. The number of carboxylic acid groups (broad SMARTS) is 1. The smallest absolute Gasteiger partial charge is 0.347 e. The van der Waals surface area contributed by atoms with Crippen LogP contribution in [0.15, 0.2) is 91.0 Å². The highest BCUT2D eigenvalue weighted by molar-refractivity contribution is 5.88. The molecule has 0 aliphatic heterocycles. The summed E-state index contributed by atoms with van der Waals surface area (Å²) in [4.78, 5) is 11.2. The summed E-state index contributed by atoms with van der Waals surface area (Å²) in [5, 5.41) is 11.5. The fourth-order valence-electron chi connectivity index (χ4n) is 3.65. The summed E-state index contributed by atoms with van der Waals surface area (Å²) in [6.07, 6.45) is 1.73. The second-order valence-electron chi connectivity index (χ2n) is 8.88. The summed E-state index contributed by atoms with van der Waals surface area (Å²) < 4.78 is 17.3. The zero-order valence-electron chi connectivity index (χ0n) is 20.1. The predicted molar refractivity (Wildman–Crippen MR) is 138 cm³/mol. The van der Waals surface area contributed by atoms with E-state index in [9.17, 15) is 4.79 Å². The Hall–Kier alpha value is -3.99. The molecule has 180 valence electrons. The molecule has 4 aromatic carbocycles. The molecule has 35 heavy (non-hydrogen) atoms. The number of carboxylic acids is 1. The van der Waals surface area contributed by atoms with Crippen molar-refractivity contribution < 1.29 is 24.1 Å². The van der Waals surface area contributed by atoms with Gasteiger partial charge in [0.15, 0.2) is 5.60 Å². The minimum atomic E-state index is -1.28. The first-order chi connectivity index (χ1) is 16.9. The summed E-state index contributed by atoms with van der Waals surface area (Å²) in [7, 11) is 0. The van der Waals surface area contributed by atoms with Crippen LogP contribution in [0.25, 0.3) is 21.9 Å². The Kier molecular flexibility index (Phi) is 7.56. The summed E-state index contributed by atoms with van der Waals surface area (Å²) in [5.74, 6) is 1.06. The van der Waals surface area contributed by atoms with Gasteiger partial charge >= 0.3 is 5.97 Å². The normalized spacial score (nSPS) is 11.3. The first-order valence-electron chi connectivity index (χ1n) is 11.8. The fourth-order valence-corrected chi connectivity index (χ4v) is 3.65. The molecule has 0 fully saturated rings. The molecule has 0 saturated heterocycles. The van der Waals surface area contributed by atoms with Crippen LogP contribution >= 0.6 is 0 Å². The molecule has 0 radical (unpaired) electrons. The third-order valence-electron chi connectivity index (χ3n) is 5.71. The number of hydrogen-bond acceptors (Lipinski definition) is 4. The number of ether oxygens (including phenoxy) is 3. The van der Waals surface area contributed by atoms with E-state index in [1.54, 1.807) is 24.3 Å². The highest BCUT2D eigenvalue weighted by Gasteiger charge is 2.29. The molecule has 0 unspecified atom stereocenters. The standard InChI is InChI=1S/C30H30O5/c1-30(2,29(31)32)35-27-16-14-26(15-17-27)33-18-6-7-19-34-28-13-12-23-10-11-24(20-25(23)21-28)22-8-4-3-5-9-22/h3-5,8-17,20-21H,6-7,18-19H2,1-2H3,(H,31,32). The molecule has 4 rings (SSSR count). The van der Waals surface area contributed by atoms with E-state index in [2.05, 4.69) is 54.6 Å². The van der Waals surface area contributed by atoms with Gasteiger partial charge in [-0.1, -0.05) is 48.5 Å². The van der Waals surface area contributed by atoms with Gasteiger partial charge in [0.25, 0.3) is 0 Å².